The van der Waals surface area contributed by atoms with Crippen molar-refractivity contribution in [2.75, 3.05) is 6.61 Å². The van der Waals surface area contributed by atoms with Gasteiger partial charge in [0.25, 0.3) is 5.69 Å². The Kier molecular flexibility index (Phi) is 6.00. The topological polar surface area (TPSA) is 69.4 Å². The maximum absolute atomic E-state index is 11.4. The number of carbonyl (C=O) groups excluding carboxylic acids is 1. The average Bonchev–Trinajstić information content (AvgIpc) is 2.36. The van der Waals surface area contributed by atoms with Gasteiger partial charge in [-0.2, -0.15) is 0 Å². The van der Waals surface area contributed by atoms with Gasteiger partial charge >= 0.3 is 0 Å². The van der Waals surface area contributed by atoms with Crippen LogP contribution in [-0.4, -0.2) is 17.3 Å². The molecule has 5 nitrogen and oxygen atoms in total. The number of unbranched alkanes of at least 4 members (excludes halogenated alkanes) is 1. The molecule has 1 aromatic rings. The van der Waals surface area contributed by atoms with Crippen LogP contribution in [-0.2, 0) is 16.1 Å². The molecule has 1 aromatic carbocycles. The molecule has 0 aliphatic rings. The number of rotatable bonds is 8. The molecule has 98 valence electrons. The van der Waals surface area contributed by atoms with Crippen LogP contribution in [0.3, 0.4) is 0 Å². The van der Waals surface area contributed by atoms with Crippen LogP contribution in [0, 0.1) is 10.1 Å². The normalized spacial score (nSPS) is 10.3. The third kappa shape index (κ3) is 4.63. The molecule has 0 fully saturated rings. The molecule has 5 heteroatoms. The summed E-state index contributed by atoms with van der Waals surface area (Å²) in [5.74, 6) is 0.0374. The quantitative estimate of drug-likeness (QED) is 0.526. The first kappa shape index (κ1) is 14.3. The van der Waals surface area contributed by atoms with Gasteiger partial charge in [0.15, 0.2) is 5.78 Å². The Morgan fingerprint density at radius 3 is 2.78 bits per heavy atom. The number of nitrogens with zero attached hydrogens (tertiary/aromatic N) is 1. The number of ketones is 1. The molecule has 0 saturated heterocycles. The minimum absolute atomic E-state index is 0.0199. The molecule has 18 heavy (non-hydrogen) atoms. The Morgan fingerprint density at radius 1 is 1.39 bits per heavy atom. The van der Waals surface area contributed by atoms with E-state index in [1.165, 1.54) is 6.07 Å². The summed E-state index contributed by atoms with van der Waals surface area (Å²) in [4.78, 5) is 21.6. The predicted octanol–water partition coefficient (Wildman–Crippen LogP) is 2.87. The summed E-state index contributed by atoms with van der Waals surface area (Å²) in [5, 5.41) is 10.7. The molecule has 0 amide bonds. The summed E-state index contributed by atoms with van der Waals surface area (Å²) in [5.41, 5.74) is 0.518. The van der Waals surface area contributed by atoms with Crippen molar-refractivity contribution >= 4 is 11.5 Å². The average molecular weight is 251 g/mol. The van der Waals surface area contributed by atoms with E-state index in [0.717, 1.165) is 12.8 Å². The molecule has 0 aliphatic heterocycles. The highest BCUT2D eigenvalue weighted by Crippen LogP contribution is 2.18. The predicted molar refractivity (Wildman–Crippen MR) is 67.3 cm³/mol. The van der Waals surface area contributed by atoms with Crippen molar-refractivity contribution in [1.29, 1.82) is 0 Å². The third-order valence-electron chi connectivity index (χ3n) is 2.52. The fourth-order valence-electron chi connectivity index (χ4n) is 1.53. The highest BCUT2D eigenvalue weighted by atomic mass is 16.6. The van der Waals surface area contributed by atoms with Crippen molar-refractivity contribution in [2.45, 2.75) is 32.8 Å². The van der Waals surface area contributed by atoms with Crippen molar-refractivity contribution in [3.63, 3.8) is 0 Å². The number of nitro groups is 1. The van der Waals surface area contributed by atoms with Gasteiger partial charge in [0, 0.05) is 12.5 Å². The second-order valence-electron chi connectivity index (χ2n) is 4.02. The summed E-state index contributed by atoms with van der Waals surface area (Å²) in [6, 6.07) is 6.38. The van der Waals surface area contributed by atoms with Gasteiger partial charge in [0.05, 0.1) is 17.1 Å². The summed E-state index contributed by atoms with van der Waals surface area (Å²) in [7, 11) is 0. The molecular weight excluding hydrogens is 234 g/mol. The zero-order valence-electron chi connectivity index (χ0n) is 10.4. The number of para-hydroxylation sites is 1. The van der Waals surface area contributed by atoms with Gasteiger partial charge in [-0.05, 0) is 12.5 Å². The lowest BCUT2D eigenvalue weighted by molar-refractivity contribution is -0.385. The lowest BCUT2D eigenvalue weighted by Crippen LogP contribution is -2.09. The van der Waals surface area contributed by atoms with E-state index >= 15 is 0 Å². The van der Waals surface area contributed by atoms with E-state index in [0.29, 0.717) is 12.0 Å². The molecule has 0 aliphatic carbocycles. The number of hydrogen-bond acceptors (Lipinski definition) is 4. The van der Waals surface area contributed by atoms with Crippen molar-refractivity contribution in [3.05, 3.63) is 39.9 Å². The van der Waals surface area contributed by atoms with E-state index in [2.05, 4.69) is 0 Å². The van der Waals surface area contributed by atoms with Gasteiger partial charge in [0.1, 0.15) is 6.61 Å². The Morgan fingerprint density at radius 2 is 2.11 bits per heavy atom. The number of benzene rings is 1. The van der Waals surface area contributed by atoms with Gasteiger partial charge in [-0.15, -0.1) is 0 Å². The minimum atomic E-state index is -0.447. The minimum Gasteiger partial charge on any atom is -0.369 e. The molecule has 0 atom stereocenters. The molecule has 0 spiro atoms. The van der Waals surface area contributed by atoms with Crippen LogP contribution in [0.4, 0.5) is 5.69 Å². The van der Waals surface area contributed by atoms with Gasteiger partial charge in [-0.3, -0.25) is 14.9 Å². The van der Waals surface area contributed by atoms with Crippen LogP contribution in [0.2, 0.25) is 0 Å². The number of hydrogen-bond donors (Lipinski definition) is 0. The zero-order chi connectivity index (χ0) is 13.4. The molecule has 0 saturated carbocycles. The molecule has 1 rings (SSSR count). The first-order chi connectivity index (χ1) is 8.65. The molecule has 0 heterocycles. The van der Waals surface area contributed by atoms with Crippen LogP contribution in [0.1, 0.15) is 31.7 Å². The number of Topliss-reactive ketones (excluding diaryl/α,β-unsaturated/α-hetero) is 1. The number of ether oxygens (including phenoxy) is 1. The van der Waals surface area contributed by atoms with E-state index in [-0.39, 0.29) is 24.7 Å². The van der Waals surface area contributed by atoms with Crippen molar-refractivity contribution < 1.29 is 14.5 Å². The summed E-state index contributed by atoms with van der Waals surface area (Å²) in [6.45, 7) is 2.13. The van der Waals surface area contributed by atoms with E-state index in [1.807, 2.05) is 6.92 Å². The first-order valence-electron chi connectivity index (χ1n) is 5.97. The third-order valence-corrected chi connectivity index (χ3v) is 2.52. The van der Waals surface area contributed by atoms with E-state index in [1.54, 1.807) is 18.2 Å². The van der Waals surface area contributed by atoms with Crippen LogP contribution in [0.5, 0.6) is 0 Å². The lowest BCUT2D eigenvalue weighted by Gasteiger charge is -2.04. The first-order valence-corrected chi connectivity index (χ1v) is 5.97. The monoisotopic (exact) mass is 251 g/mol. The second-order valence-corrected chi connectivity index (χ2v) is 4.02. The van der Waals surface area contributed by atoms with E-state index in [4.69, 9.17) is 4.74 Å². The van der Waals surface area contributed by atoms with E-state index < -0.39 is 4.92 Å². The molecule has 0 N–H and O–H groups in total. The Hall–Kier alpha value is -1.75. The van der Waals surface area contributed by atoms with Gasteiger partial charge < -0.3 is 4.74 Å². The van der Waals surface area contributed by atoms with Gasteiger partial charge in [0.2, 0.25) is 0 Å². The largest absolute Gasteiger partial charge is 0.369 e. The van der Waals surface area contributed by atoms with Gasteiger partial charge in [-0.25, -0.2) is 0 Å². The fraction of sp³-hybridized carbons (Fsp3) is 0.462. The highest BCUT2D eigenvalue weighted by Gasteiger charge is 2.12. The van der Waals surface area contributed by atoms with E-state index in [9.17, 15) is 14.9 Å². The molecule has 0 aromatic heterocycles. The highest BCUT2D eigenvalue weighted by molar-refractivity contribution is 5.79. The second kappa shape index (κ2) is 7.55. The van der Waals surface area contributed by atoms with Crippen molar-refractivity contribution in [2.24, 2.45) is 0 Å². The summed E-state index contributed by atoms with van der Waals surface area (Å²) >= 11 is 0. The van der Waals surface area contributed by atoms with Gasteiger partial charge in [-0.1, -0.05) is 25.5 Å². The maximum atomic E-state index is 11.4. The molecule has 0 unspecified atom stereocenters. The van der Waals surface area contributed by atoms with Crippen LogP contribution in [0.25, 0.3) is 0 Å². The Bertz CT molecular complexity index is 417. The van der Waals surface area contributed by atoms with Crippen LogP contribution in [0.15, 0.2) is 24.3 Å². The molecule has 0 radical (unpaired) electrons. The number of carbonyl (C=O) groups is 1. The van der Waals surface area contributed by atoms with Crippen molar-refractivity contribution in [3.8, 4) is 0 Å². The summed E-state index contributed by atoms with van der Waals surface area (Å²) < 4.78 is 5.22. The zero-order valence-corrected chi connectivity index (χ0v) is 10.4. The fourth-order valence-corrected chi connectivity index (χ4v) is 1.53. The SMILES string of the molecule is CCCCC(=O)COCc1ccccc1[N+](=O)[O-]. The van der Waals surface area contributed by atoms with Crippen LogP contribution < -0.4 is 0 Å². The molecule has 0 bridgehead atoms. The smallest absolute Gasteiger partial charge is 0.274 e. The van der Waals surface area contributed by atoms with Crippen LogP contribution >= 0.6 is 0 Å². The molecular formula is C13H17NO4. The Balaban J connectivity index is 2.44. The van der Waals surface area contributed by atoms with Crippen molar-refractivity contribution in [1.82, 2.24) is 0 Å². The maximum Gasteiger partial charge on any atom is 0.274 e. The standard InChI is InChI=1S/C13H17NO4/c1-2-3-7-12(15)10-18-9-11-6-4-5-8-13(11)14(16)17/h4-6,8H,2-3,7,9-10H2,1H3. The Labute approximate surface area is 106 Å². The lowest BCUT2D eigenvalue weighted by atomic mass is 10.2. The number of nitro benzene ring substituents is 1. The summed E-state index contributed by atoms with van der Waals surface area (Å²) in [6.07, 6.45) is 2.33.